The fraction of sp³-hybridized carbons (Fsp3) is 0.976. The molecule has 0 rings (SSSR count). The Labute approximate surface area is 283 Å². The zero-order valence-electron chi connectivity index (χ0n) is 30.9. The molecule has 0 aromatic rings. The molecule has 0 aromatic carbocycles. The number of unbranched alkanes of at least 4 members (excludes halogenated alkanes) is 31. The van der Waals surface area contributed by atoms with Gasteiger partial charge in [-0.25, -0.2) is 0 Å². The quantitative estimate of drug-likeness (QED) is 0.0537. The SMILES string of the molecule is CCCCCCCCCCCCCCCCCCCCCCOCC(CO)OC(=O)CCCCCCCCCCCCCCC. The highest BCUT2D eigenvalue weighted by Gasteiger charge is 2.13. The van der Waals surface area contributed by atoms with Crippen LogP contribution in [0.2, 0.25) is 0 Å². The van der Waals surface area contributed by atoms with Gasteiger partial charge in [-0.05, 0) is 12.8 Å². The smallest absolute Gasteiger partial charge is 0.306 e. The molecule has 4 nitrogen and oxygen atoms in total. The summed E-state index contributed by atoms with van der Waals surface area (Å²) in [7, 11) is 0. The number of carbonyl (C=O) groups excluding carboxylic acids is 1. The van der Waals surface area contributed by atoms with Crippen LogP contribution >= 0.6 is 0 Å². The van der Waals surface area contributed by atoms with Crippen molar-refractivity contribution < 1.29 is 19.4 Å². The van der Waals surface area contributed by atoms with Gasteiger partial charge in [-0.15, -0.1) is 0 Å². The number of hydrogen-bond donors (Lipinski definition) is 1. The molecule has 0 bridgehead atoms. The van der Waals surface area contributed by atoms with Gasteiger partial charge in [-0.1, -0.05) is 213 Å². The van der Waals surface area contributed by atoms with E-state index in [1.807, 2.05) is 0 Å². The summed E-state index contributed by atoms with van der Waals surface area (Å²) in [5, 5.41) is 9.57. The van der Waals surface area contributed by atoms with Gasteiger partial charge >= 0.3 is 5.97 Å². The Bertz CT molecular complexity index is 552. The van der Waals surface area contributed by atoms with Crippen molar-refractivity contribution in [1.29, 1.82) is 0 Å². The van der Waals surface area contributed by atoms with Crippen LogP contribution in [-0.2, 0) is 14.3 Å². The second-order valence-electron chi connectivity index (χ2n) is 14.1. The summed E-state index contributed by atoms with van der Waals surface area (Å²) in [6, 6.07) is 0. The molecule has 0 aromatic heterocycles. The molecule has 1 atom stereocenters. The Balaban J connectivity index is 3.34. The van der Waals surface area contributed by atoms with Crippen LogP contribution in [0.5, 0.6) is 0 Å². The molecule has 0 saturated carbocycles. The lowest BCUT2D eigenvalue weighted by Gasteiger charge is -2.16. The molecule has 0 aliphatic heterocycles. The highest BCUT2D eigenvalue weighted by molar-refractivity contribution is 5.69. The van der Waals surface area contributed by atoms with Crippen molar-refractivity contribution in [3.63, 3.8) is 0 Å². The summed E-state index contributed by atoms with van der Waals surface area (Å²) >= 11 is 0. The van der Waals surface area contributed by atoms with Gasteiger partial charge in [0.05, 0.1) is 13.2 Å². The predicted molar refractivity (Wildman–Crippen MR) is 196 cm³/mol. The largest absolute Gasteiger partial charge is 0.457 e. The van der Waals surface area contributed by atoms with Crippen LogP contribution in [0, 0.1) is 0 Å². The van der Waals surface area contributed by atoms with Crippen LogP contribution in [0.1, 0.15) is 232 Å². The Hall–Kier alpha value is -0.610. The first-order valence-electron chi connectivity index (χ1n) is 20.6. The number of hydrogen-bond acceptors (Lipinski definition) is 4. The first kappa shape index (κ1) is 44.4. The molecule has 0 amide bonds. The molecule has 4 heteroatoms. The molecular weight excluding hydrogens is 556 g/mol. The lowest BCUT2D eigenvalue weighted by Crippen LogP contribution is -2.27. The Kier molecular flexibility index (Phi) is 39.0. The zero-order chi connectivity index (χ0) is 32.7. The van der Waals surface area contributed by atoms with Crippen molar-refractivity contribution >= 4 is 5.97 Å². The van der Waals surface area contributed by atoms with Crippen molar-refractivity contribution in [3.05, 3.63) is 0 Å². The number of carbonyl (C=O) groups is 1. The summed E-state index contributed by atoms with van der Waals surface area (Å²) in [5.74, 6) is -0.195. The molecule has 1 unspecified atom stereocenters. The van der Waals surface area contributed by atoms with Crippen molar-refractivity contribution in [2.24, 2.45) is 0 Å². The number of aliphatic hydroxyl groups excluding tert-OH is 1. The third kappa shape index (κ3) is 37.7. The first-order chi connectivity index (χ1) is 22.2. The minimum Gasteiger partial charge on any atom is -0.457 e. The molecule has 270 valence electrons. The maximum absolute atomic E-state index is 12.1. The summed E-state index contributed by atoms with van der Waals surface area (Å²) in [4.78, 5) is 12.1. The van der Waals surface area contributed by atoms with Crippen molar-refractivity contribution in [3.8, 4) is 0 Å². The summed E-state index contributed by atoms with van der Waals surface area (Å²) in [6.45, 7) is 5.39. The minimum atomic E-state index is -0.524. The fourth-order valence-electron chi connectivity index (χ4n) is 6.33. The highest BCUT2D eigenvalue weighted by atomic mass is 16.6. The zero-order valence-corrected chi connectivity index (χ0v) is 30.9. The van der Waals surface area contributed by atoms with E-state index in [2.05, 4.69) is 13.8 Å². The molecule has 45 heavy (non-hydrogen) atoms. The Morgan fingerprint density at radius 1 is 0.444 bits per heavy atom. The number of ether oxygens (including phenoxy) is 2. The molecule has 0 heterocycles. The van der Waals surface area contributed by atoms with Gasteiger partial charge in [0, 0.05) is 13.0 Å². The van der Waals surface area contributed by atoms with E-state index in [4.69, 9.17) is 9.47 Å². The molecular formula is C41H82O4. The van der Waals surface area contributed by atoms with Gasteiger partial charge < -0.3 is 14.6 Å². The number of rotatable bonds is 39. The summed E-state index contributed by atoms with van der Waals surface area (Å²) in [5.41, 5.74) is 0. The molecule has 0 spiro atoms. The van der Waals surface area contributed by atoms with Crippen LogP contribution in [0.15, 0.2) is 0 Å². The topological polar surface area (TPSA) is 55.8 Å². The van der Waals surface area contributed by atoms with E-state index in [1.54, 1.807) is 0 Å². The van der Waals surface area contributed by atoms with Crippen LogP contribution in [0.4, 0.5) is 0 Å². The van der Waals surface area contributed by atoms with Crippen LogP contribution in [0.3, 0.4) is 0 Å². The second-order valence-corrected chi connectivity index (χ2v) is 14.1. The third-order valence-electron chi connectivity index (χ3n) is 9.43. The lowest BCUT2D eigenvalue weighted by molar-refractivity contribution is -0.154. The van der Waals surface area contributed by atoms with Crippen LogP contribution in [0.25, 0.3) is 0 Å². The Morgan fingerprint density at radius 2 is 0.733 bits per heavy atom. The van der Waals surface area contributed by atoms with E-state index < -0.39 is 6.10 Å². The van der Waals surface area contributed by atoms with Gasteiger partial charge in [-0.3, -0.25) is 4.79 Å². The molecule has 0 aliphatic rings. The normalized spacial score (nSPS) is 12.2. The average molecular weight is 639 g/mol. The highest BCUT2D eigenvalue weighted by Crippen LogP contribution is 2.16. The maximum atomic E-state index is 12.1. The predicted octanol–water partition coefficient (Wildman–Crippen LogP) is 13.2. The van der Waals surface area contributed by atoms with E-state index >= 15 is 0 Å². The molecule has 0 saturated heterocycles. The Morgan fingerprint density at radius 3 is 1.04 bits per heavy atom. The molecule has 0 radical (unpaired) electrons. The van der Waals surface area contributed by atoms with Gasteiger partial charge in [0.15, 0.2) is 0 Å². The molecule has 1 N–H and O–H groups in total. The summed E-state index contributed by atoms with van der Waals surface area (Å²) in [6.07, 6.45) is 44.4. The van der Waals surface area contributed by atoms with E-state index in [9.17, 15) is 9.90 Å². The summed E-state index contributed by atoms with van der Waals surface area (Å²) < 4.78 is 11.1. The standard InChI is InChI=1S/C41H82O4/c1-3-5-7-9-11-13-15-17-18-19-20-21-22-23-25-27-29-31-33-35-37-44-39-40(38-42)45-41(43)36-34-32-30-28-26-24-16-14-12-10-8-6-4-2/h40,42H,3-39H2,1-2H3. The molecule has 0 aliphatic carbocycles. The van der Waals surface area contributed by atoms with Crippen molar-refractivity contribution in [1.82, 2.24) is 0 Å². The van der Waals surface area contributed by atoms with Gasteiger partial charge in [0.2, 0.25) is 0 Å². The van der Waals surface area contributed by atoms with Crippen molar-refractivity contribution in [2.75, 3.05) is 19.8 Å². The van der Waals surface area contributed by atoms with Gasteiger partial charge in [0.1, 0.15) is 6.10 Å². The molecule has 0 fully saturated rings. The third-order valence-corrected chi connectivity index (χ3v) is 9.43. The lowest BCUT2D eigenvalue weighted by atomic mass is 10.0. The van der Waals surface area contributed by atoms with Crippen molar-refractivity contribution in [2.45, 2.75) is 238 Å². The van der Waals surface area contributed by atoms with E-state index in [0.717, 1.165) is 19.3 Å². The maximum Gasteiger partial charge on any atom is 0.306 e. The fourth-order valence-corrected chi connectivity index (χ4v) is 6.33. The van der Waals surface area contributed by atoms with Crippen LogP contribution in [-0.4, -0.2) is 37.0 Å². The first-order valence-corrected chi connectivity index (χ1v) is 20.6. The van der Waals surface area contributed by atoms with E-state index in [1.165, 1.54) is 193 Å². The average Bonchev–Trinajstić information content (AvgIpc) is 3.05. The van der Waals surface area contributed by atoms with Gasteiger partial charge in [0.25, 0.3) is 0 Å². The van der Waals surface area contributed by atoms with Crippen LogP contribution < -0.4 is 0 Å². The monoisotopic (exact) mass is 639 g/mol. The number of esters is 1. The second kappa shape index (κ2) is 39.6. The number of aliphatic hydroxyl groups is 1. The van der Waals surface area contributed by atoms with E-state index in [0.29, 0.717) is 19.6 Å². The minimum absolute atomic E-state index is 0.163. The van der Waals surface area contributed by atoms with E-state index in [-0.39, 0.29) is 12.6 Å². The van der Waals surface area contributed by atoms with Gasteiger partial charge in [-0.2, -0.15) is 0 Å².